The number of anilines is 1. The highest BCUT2D eigenvalue weighted by Gasteiger charge is 2.20. The van der Waals surface area contributed by atoms with E-state index in [0.717, 1.165) is 22.5 Å². The van der Waals surface area contributed by atoms with Gasteiger partial charge in [-0.25, -0.2) is 4.98 Å². The van der Waals surface area contributed by atoms with E-state index < -0.39 is 0 Å². The standard InChI is InChI=1S/C18H19BrN4O/c1-21(2)11-12-22(14-7-4-3-5-8-14)18(24)15-13-23-16(19)9-6-10-17(23)20-15/h3-10,13H,11-12H2,1-2H3. The number of nitrogens with zero attached hydrogens (tertiary/aromatic N) is 4. The van der Waals surface area contributed by atoms with Crippen LogP contribution in [0.4, 0.5) is 5.69 Å². The van der Waals surface area contributed by atoms with Crippen LogP contribution in [0.15, 0.2) is 59.3 Å². The van der Waals surface area contributed by atoms with Gasteiger partial charge >= 0.3 is 0 Å². The van der Waals surface area contributed by atoms with Gasteiger partial charge in [0.2, 0.25) is 0 Å². The number of hydrogen-bond acceptors (Lipinski definition) is 3. The molecule has 0 saturated carbocycles. The number of carbonyl (C=O) groups excluding carboxylic acids is 1. The molecule has 0 aliphatic rings. The summed E-state index contributed by atoms with van der Waals surface area (Å²) in [6.07, 6.45) is 1.77. The van der Waals surface area contributed by atoms with E-state index in [9.17, 15) is 4.79 Å². The van der Waals surface area contributed by atoms with Crippen LogP contribution >= 0.6 is 15.9 Å². The fourth-order valence-corrected chi connectivity index (χ4v) is 2.91. The maximum absolute atomic E-state index is 13.1. The molecule has 5 nitrogen and oxygen atoms in total. The SMILES string of the molecule is CN(C)CCN(C(=O)c1cn2c(Br)cccc2n1)c1ccccc1. The van der Waals surface area contributed by atoms with Gasteiger partial charge in [0.25, 0.3) is 5.91 Å². The third kappa shape index (κ3) is 3.49. The molecular weight excluding hydrogens is 368 g/mol. The quantitative estimate of drug-likeness (QED) is 0.631. The zero-order chi connectivity index (χ0) is 17.1. The number of likely N-dealkylation sites (N-methyl/N-ethyl adjacent to an activating group) is 1. The van der Waals surface area contributed by atoms with E-state index in [1.54, 1.807) is 11.1 Å². The number of halogens is 1. The Balaban J connectivity index is 1.96. The molecule has 0 bridgehead atoms. The monoisotopic (exact) mass is 386 g/mol. The molecular formula is C18H19BrN4O. The van der Waals surface area contributed by atoms with Crippen molar-refractivity contribution in [1.29, 1.82) is 0 Å². The van der Waals surface area contributed by atoms with Crippen LogP contribution in [0.2, 0.25) is 0 Å². The summed E-state index contributed by atoms with van der Waals surface area (Å²) >= 11 is 3.48. The largest absolute Gasteiger partial charge is 0.308 e. The van der Waals surface area contributed by atoms with Crippen molar-refractivity contribution in [3.63, 3.8) is 0 Å². The topological polar surface area (TPSA) is 40.9 Å². The zero-order valence-electron chi connectivity index (χ0n) is 13.7. The van der Waals surface area contributed by atoms with Crippen molar-refractivity contribution in [3.05, 3.63) is 65.0 Å². The van der Waals surface area contributed by atoms with E-state index in [0.29, 0.717) is 12.2 Å². The number of imidazole rings is 1. The van der Waals surface area contributed by atoms with Gasteiger partial charge < -0.3 is 9.80 Å². The van der Waals surface area contributed by atoms with Crippen LogP contribution in [-0.4, -0.2) is 47.4 Å². The summed E-state index contributed by atoms with van der Waals surface area (Å²) in [4.78, 5) is 21.4. The normalized spacial score (nSPS) is 11.2. The van der Waals surface area contributed by atoms with Gasteiger partial charge in [0.1, 0.15) is 11.3 Å². The number of para-hydroxylation sites is 1. The number of pyridine rings is 1. The molecule has 0 radical (unpaired) electrons. The van der Waals surface area contributed by atoms with Gasteiger partial charge in [-0.1, -0.05) is 24.3 Å². The summed E-state index contributed by atoms with van der Waals surface area (Å²) in [5.41, 5.74) is 2.05. The summed E-state index contributed by atoms with van der Waals surface area (Å²) in [6, 6.07) is 15.4. The first-order chi connectivity index (χ1) is 11.6. The van der Waals surface area contributed by atoms with Crippen LogP contribution in [0.3, 0.4) is 0 Å². The van der Waals surface area contributed by atoms with Gasteiger partial charge in [-0.05, 0) is 54.3 Å². The van der Waals surface area contributed by atoms with Gasteiger partial charge in [-0.3, -0.25) is 9.20 Å². The predicted octanol–water partition coefficient (Wildman–Crippen LogP) is 3.31. The number of hydrogen-bond donors (Lipinski definition) is 0. The predicted molar refractivity (Wildman–Crippen MR) is 99.6 cm³/mol. The Kier molecular flexibility index (Phi) is 4.97. The first kappa shape index (κ1) is 16.7. The molecule has 2 aromatic heterocycles. The lowest BCUT2D eigenvalue weighted by Crippen LogP contribution is -2.37. The lowest BCUT2D eigenvalue weighted by molar-refractivity contribution is 0.0981. The van der Waals surface area contributed by atoms with E-state index in [1.807, 2.05) is 67.0 Å². The summed E-state index contributed by atoms with van der Waals surface area (Å²) in [7, 11) is 3.99. The highest BCUT2D eigenvalue weighted by molar-refractivity contribution is 9.10. The molecule has 0 aliphatic carbocycles. The average Bonchev–Trinajstić information content (AvgIpc) is 3.01. The second-order valence-corrected chi connectivity index (χ2v) is 6.61. The molecule has 1 amide bonds. The third-order valence-corrected chi connectivity index (χ3v) is 4.39. The molecule has 0 fully saturated rings. The molecule has 24 heavy (non-hydrogen) atoms. The maximum Gasteiger partial charge on any atom is 0.278 e. The molecule has 0 atom stereocenters. The Morgan fingerprint density at radius 1 is 1.08 bits per heavy atom. The Bertz CT molecular complexity index is 845. The van der Waals surface area contributed by atoms with E-state index in [4.69, 9.17) is 0 Å². The molecule has 124 valence electrons. The smallest absolute Gasteiger partial charge is 0.278 e. The third-order valence-electron chi connectivity index (χ3n) is 3.75. The molecule has 1 aromatic carbocycles. The number of benzene rings is 1. The lowest BCUT2D eigenvalue weighted by atomic mass is 10.2. The fourth-order valence-electron chi connectivity index (χ4n) is 2.47. The van der Waals surface area contributed by atoms with Crippen molar-refractivity contribution in [3.8, 4) is 0 Å². The van der Waals surface area contributed by atoms with Crippen molar-refractivity contribution in [2.24, 2.45) is 0 Å². The van der Waals surface area contributed by atoms with E-state index >= 15 is 0 Å². The van der Waals surface area contributed by atoms with Gasteiger partial charge in [0, 0.05) is 25.0 Å². The first-order valence-corrected chi connectivity index (χ1v) is 8.51. The highest BCUT2D eigenvalue weighted by Crippen LogP contribution is 2.19. The van der Waals surface area contributed by atoms with Crippen LogP contribution in [0.25, 0.3) is 5.65 Å². The second kappa shape index (κ2) is 7.15. The Morgan fingerprint density at radius 3 is 2.50 bits per heavy atom. The zero-order valence-corrected chi connectivity index (χ0v) is 15.3. The minimum absolute atomic E-state index is 0.0985. The number of amides is 1. The summed E-state index contributed by atoms with van der Waals surface area (Å²) in [6.45, 7) is 1.38. The van der Waals surface area contributed by atoms with Gasteiger partial charge in [-0.2, -0.15) is 0 Å². The van der Waals surface area contributed by atoms with Crippen LogP contribution in [0.5, 0.6) is 0 Å². The fraction of sp³-hybridized carbons (Fsp3) is 0.222. The Morgan fingerprint density at radius 2 is 1.83 bits per heavy atom. The minimum Gasteiger partial charge on any atom is -0.308 e. The summed E-state index contributed by atoms with van der Waals surface area (Å²) < 4.78 is 2.73. The van der Waals surface area contributed by atoms with E-state index in [-0.39, 0.29) is 5.91 Å². The molecule has 0 saturated heterocycles. The van der Waals surface area contributed by atoms with E-state index in [2.05, 4.69) is 25.8 Å². The maximum atomic E-state index is 13.1. The van der Waals surface area contributed by atoms with Crippen molar-refractivity contribution in [2.75, 3.05) is 32.1 Å². The molecule has 3 aromatic rings. The average molecular weight is 387 g/mol. The Hall–Kier alpha value is -2.18. The lowest BCUT2D eigenvalue weighted by Gasteiger charge is -2.23. The van der Waals surface area contributed by atoms with Crippen LogP contribution in [0, 0.1) is 0 Å². The summed E-state index contributed by atoms with van der Waals surface area (Å²) in [5.74, 6) is -0.0985. The number of rotatable bonds is 5. The molecule has 3 rings (SSSR count). The van der Waals surface area contributed by atoms with E-state index in [1.165, 1.54) is 0 Å². The van der Waals surface area contributed by atoms with Crippen LogP contribution in [-0.2, 0) is 0 Å². The van der Waals surface area contributed by atoms with Crippen LogP contribution < -0.4 is 4.90 Å². The first-order valence-electron chi connectivity index (χ1n) is 7.71. The second-order valence-electron chi connectivity index (χ2n) is 5.80. The number of carbonyl (C=O) groups is 1. The minimum atomic E-state index is -0.0985. The van der Waals surface area contributed by atoms with Crippen molar-refractivity contribution >= 4 is 33.2 Å². The molecule has 0 unspecified atom stereocenters. The molecule has 2 heterocycles. The molecule has 0 aliphatic heterocycles. The van der Waals surface area contributed by atoms with Crippen LogP contribution in [0.1, 0.15) is 10.5 Å². The van der Waals surface area contributed by atoms with Gasteiger partial charge in [0.05, 0.1) is 4.60 Å². The highest BCUT2D eigenvalue weighted by atomic mass is 79.9. The number of aromatic nitrogens is 2. The number of fused-ring (bicyclic) bond motifs is 1. The van der Waals surface area contributed by atoms with Gasteiger partial charge in [0.15, 0.2) is 0 Å². The molecule has 0 spiro atoms. The molecule has 6 heteroatoms. The summed E-state index contributed by atoms with van der Waals surface area (Å²) in [5, 5.41) is 0. The van der Waals surface area contributed by atoms with Crippen molar-refractivity contribution in [1.82, 2.24) is 14.3 Å². The Labute approximate surface area is 149 Å². The van der Waals surface area contributed by atoms with Gasteiger partial charge in [-0.15, -0.1) is 0 Å². The molecule has 0 N–H and O–H groups in total. The van der Waals surface area contributed by atoms with Crippen molar-refractivity contribution < 1.29 is 4.79 Å². The van der Waals surface area contributed by atoms with Crippen molar-refractivity contribution in [2.45, 2.75) is 0 Å².